The van der Waals surface area contributed by atoms with Crippen molar-refractivity contribution in [3.05, 3.63) is 39.6 Å². The topological polar surface area (TPSA) is 54.2 Å². The van der Waals surface area contributed by atoms with E-state index < -0.39 is 0 Å². The number of aliphatic imine (C=N–C) groups is 1. The maximum atomic E-state index is 6.81. The van der Waals surface area contributed by atoms with E-state index in [1.54, 1.807) is 4.68 Å². The Balaban J connectivity index is 1.53. The Kier molecular flexibility index (Phi) is 4.22. The van der Waals surface area contributed by atoms with Crippen LogP contribution >= 0.6 is 23.2 Å². The number of rotatable bonds is 3. The van der Waals surface area contributed by atoms with Crippen molar-refractivity contribution < 1.29 is 0 Å². The second-order valence-electron chi connectivity index (χ2n) is 7.85. The summed E-state index contributed by atoms with van der Waals surface area (Å²) in [7, 11) is 1.93. The fourth-order valence-corrected chi connectivity index (χ4v) is 5.44. The number of likely N-dealkylation sites (N-methyl/N-ethyl adjacent to an activating group) is 1. The molecule has 2 aromatic rings. The summed E-state index contributed by atoms with van der Waals surface area (Å²) in [6, 6.07) is 2.58. The van der Waals surface area contributed by atoms with Gasteiger partial charge in [-0.15, -0.1) is 0 Å². The van der Waals surface area contributed by atoms with Crippen LogP contribution in [0.15, 0.2) is 23.5 Å². The molecule has 1 saturated carbocycles. The molecule has 0 amide bonds. The van der Waals surface area contributed by atoms with Crippen LogP contribution in [0, 0.1) is 0 Å². The molecule has 1 aromatic carbocycles. The second-order valence-corrected chi connectivity index (χ2v) is 8.64. The lowest BCUT2D eigenvalue weighted by atomic mass is 9.64. The van der Waals surface area contributed by atoms with Gasteiger partial charge in [-0.1, -0.05) is 29.6 Å². The van der Waals surface area contributed by atoms with Crippen LogP contribution in [0.3, 0.4) is 0 Å². The molecule has 7 heteroatoms. The summed E-state index contributed by atoms with van der Waals surface area (Å²) in [4.78, 5) is 4.83. The molecule has 5 rings (SSSR count). The Morgan fingerprint density at radius 2 is 2.19 bits per heavy atom. The normalized spacial score (nSPS) is 22.6. The van der Waals surface area contributed by atoms with Gasteiger partial charge in [0.2, 0.25) is 0 Å². The molecule has 1 aromatic heterocycles. The smallest absolute Gasteiger partial charge is 0.113 e. The Hall–Kier alpha value is -1.56. The number of nitrogens with zero attached hydrogens (tertiary/aromatic N) is 3. The molecule has 27 heavy (non-hydrogen) atoms. The maximum Gasteiger partial charge on any atom is 0.113 e. The first-order valence-corrected chi connectivity index (χ1v) is 10.4. The minimum Gasteiger partial charge on any atom is -0.376 e. The van der Waals surface area contributed by atoms with Gasteiger partial charge in [0.05, 0.1) is 27.3 Å². The number of hydrogen-bond donors (Lipinski definition) is 2. The zero-order valence-electron chi connectivity index (χ0n) is 15.4. The highest BCUT2D eigenvalue weighted by Crippen LogP contribution is 2.55. The Morgan fingerprint density at radius 1 is 1.33 bits per heavy atom. The maximum absolute atomic E-state index is 6.81. The van der Waals surface area contributed by atoms with Crippen molar-refractivity contribution in [2.45, 2.75) is 50.0 Å². The third kappa shape index (κ3) is 2.63. The molecule has 2 fully saturated rings. The van der Waals surface area contributed by atoms with Crippen LogP contribution in [-0.2, 0) is 11.8 Å². The molecule has 2 aliphatic heterocycles. The van der Waals surface area contributed by atoms with Crippen LogP contribution in [0.25, 0.3) is 5.69 Å². The summed E-state index contributed by atoms with van der Waals surface area (Å²) in [5, 5.41) is 12.6. The van der Waals surface area contributed by atoms with E-state index in [-0.39, 0.29) is 5.41 Å². The number of fused-ring (bicyclic) bond motifs is 2. The van der Waals surface area contributed by atoms with Crippen LogP contribution in [0.5, 0.6) is 0 Å². The monoisotopic (exact) mass is 403 g/mol. The van der Waals surface area contributed by atoms with Crippen molar-refractivity contribution in [2.75, 3.05) is 13.6 Å². The molecular formula is C20H23Cl2N5. The fraction of sp³-hybridized carbons (Fsp3) is 0.500. The molecule has 0 radical (unpaired) electrons. The molecule has 1 aliphatic carbocycles. The lowest BCUT2D eigenvalue weighted by Gasteiger charge is -2.40. The van der Waals surface area contributed by atoms with Gasteiger partial charge in [0, 0.05) is 19.3 Å². The molecular weight excluding hydrogens is 381 g/mol. The highest BCUT2D eigenvalue weighted by atomic mass is 35.5. The van der Waals surface area contributed by atoms with Crippen LogP contribution in [-0.4, -0.2) is 35.3 Å². The quantitative estimate of drug-likeness (QED) is 0.808. The van der Waals surface area contributed by atoms with Gasteiger partial charge in [0.25, 0.3) is 0 Å². The van der Waals surface area contributed by atoms with E-state index in [1.165, 1.54) is 24.8 Å². The molecule has 1 saturated heterocycles. The Bertz CT molecular complexity index is 923. The van der Waals surface area contributed by atoms with Crippen molar-refractivity contribution in [2.24, 2.45) is 4.99 Å². The van der Waals surface area contributed by atoms with Crippen LogP contribution < -0.4 is 10.6 Å². The number of aromatic nitrogens is 2. The number of amidine groups is 1. The fourth-order valence-electron chi connectivity index (χ4n) is 4.76. The first kappa shape index (κ1) is 17.5. The number of hydrogen-bond acceptors (Lipinski definition) is 4. The third-order valence-electron chi connectivity index (χ3n) is 6.31. The molecule has 142 valence electrons. The first-order chi connectivity index (χ1) is 13.1. The van der Waals surface area contributed by atoms with E-state index in [1.807, 2.05) is 25.5 Å². The van der Waals surface area contributed by atoms with Gasteiger partial charge in [-0.3, -0.25) is 0 Å². The lowest BCUT2D eigenvalue weighted by molar-refractivity contribution is 0.341. The largest absolute Gasteiger partial charge is 0.376 e. The molecule has 1 atom stereocenters. The third-order valence-corrected chi connectivity index (χ3v) is 6.96. The average Bonchev–Trinajstić information content (AvgIpc) is 3.33. The molecule has 1 spiro atoms. The predicted molar refractivity (Wildman–Crippen MR) is 110 cm³/mol. The summed E-state index contributed by atoms with van der Waals surface area (Å²) < 4.78 is 1.80. The molecule has 3 aliphatic rings. The number of nitrogens with one attached hydrogen (secondary N) is 2. The second kappa shape index (κ2) is 6.50. The van der Waals surface area contributed by atoms with E-state index in [2.05, 4.69) is 15.7 Å². The van der Waals surface area contributed by atoms with E-state index in [9.17, 15) is 0 Å². The highest BCUT2D eigenvalue weighted by molar-refractivity contribution is 6.40. The van der Waals surface area contributed by atoms with Gasteiger partial charge in [0.15, 0.2) is 0 Å². The van der Waals surface area contributed by atoms with E-state index in [0.717, 1.165) is 48.6 Å². The summed E-state index contributed by atoms with van der Waals surface area (Å²) >= 11 is 13.5. The van der Waals surface area contributed by atoms with Gasteiger partial charge in [-0.2, -0.15) is 5.10 Å². The van der Waals surface area contributed by atoms with Crippen LogP contribution in [0.2, 0.25) is 10.0 Å². The van der Waals surface area contributed by atoms with Gasteiger partial charge in [-0.25, -0.2) is 9.67 Å². The average molecular weight is 404 g/mol. The minimum absolute atomic E-state index is 0.0285. The van der Waals surface area contributed by atoms with Gasteiger partial charge in [-0.05, 0) is 55.8 Å². The van der Waals surface area contributed by atoms with Crippen LogP contribution in [0.1, 0.15) is 43.2 Å². The minimum atomic E-state index is -0.0285. The lowest BCUT2D eigenvalue weighted by Crippen LogP contribution is -2.45. The van der Waals surface area contributed by atoms with Crippen molar-refractivity contribution >= 4 is 34.7 Å². The zero-order chi connectivity index (χ0) is 18.6. The zero-order valence-corrected chi connectivity index (χ0v) is 16.9. The SMILES string of the molecule is CNC1=Nc2c(cc(Cl)c(-n3cc(C[C@@H]4CCCN4)cn3)c2Cl)C12CCC2. The highest BCUT2D eigenvalue weighted by Gasteiger charge is 2.49. The van der Waals surface area contributed by atoms with Gasteiger partial charge < -0.3 is 10.6 Å². The molecule has 0 unspecified atom stereocenters. The van der Waals surface area contributed by atoms with Crippen molar-refractivity contribution in [3.8, 4) is 5.69 Å². The summed E-state index contributed by atoms with van der Waals surface area (Å²) in [5.74, 6) is 1.01. The first-order valence-electron chi connectivity index (χ1n) is 9.69. The molecule has 5 nitrogen and oxygen atoms in total. The molecule has 2 N–H and O–H groups in total. The van der Waals surface area contributed by atoms with Crippen molar-refractivity contribution in [1.82, 2.24) is 20.4 Å². The van der Waals surface area contributed by atoms with Gasteiger partial charge >= 0.3 is 0 Å². The number of benzene rings is 1. The van der Waals surface area contributed by atoms with E-state index in [0.29, 0.717) is 16.1 Å². The number of halogens is 2. The Morgan fingerprint density at radius 3 is 2.85 bits per heavy atom. The van der Waals surface area contributed by atoms with Crippen LogP contribution in [0.4, 0.5) is 5.69 Å². The summed E-state index contributed by atoms with van der Waals surface area (Å²) in [5.41, 5.74) is 3.88. The predicted octanol–water partition coefficient (Wildman–Crippen LogP) is 4.16. The summed E-state index contributed by atoms with van der Waals surface area (Å²) in [6.07, 6.45) is 10.8. The Labute approximate surface area is 169 Å². The van der Waals surface area contributed by atoms with Crippen molar-refractivity contribution in [1.29, 1.82) is 0 Å². The van der Waals surface area contributed by atoms with Crippen molar-refractivity contribution in [3.63, 3.8) is 0 Å². The molecule has 0 bridgehead atoms. The van der Waals surface area contributed by atoms with E-state index >= 15 is 0 Å². The van der Waals surface area contributed by atoms with E-state index in [4.69, 9.17) is 28.2 Å². The standard InChI is InChI=1S/C20H23Cl2N5/c1-23-19-20(5-3-6-20)14-9-15(21)18(16(22)17(14)26-19)27-11-12(10-25-27)8-13-4-2-7-24-13/h9-11,13,24H,2-8H2,1H3,(H,23,26)/t13-/m0/s1. The molecule has 3 heterocycles. The summed E-state index contributed by atoms with van der Waals surface area (Å²) in [6.45, 7) is 1.11. The van der Waals surface area contributed by atoms with Gasteiger partial charge in [0.1, 0.15) is 11.5 Å².